The van der Waals surface area contributed by atoms with Crippen molar-refractivity contribution in [3.05, 3.63) is 41.6 Å². The van der Waals surface area contributed by atoms with E-state index in [9.17, 15) is 13.6 Å². The fourth-order valence-corrected chi connectivity index (χ4v) is 3.38. The maximum Gasteiger partial charge on any atom is 0.254 e. The molecule has 1 heterocycles. The fourth-order valence-electron chi connectivity index (χ4n) is 3.38. The molecule has 2 atom stereocenters. The van der Waals surface area contributed by atoms with E-state index in [1.54, 1.807) is 17.9 Å². The van der Waals surface area contributed by atoms with Crippen molar-refractivity contribution in [3.8, 4) is 0 Å². The van der Waals surface area contributed by atoms with Crippen LogP contribution >= 0.6 is 0 Å². The summed E-state index contributed by atoms with van der Waals surface area (Å²) in [5.41, 5.74) is 5.95. The number of aliphatic imine (C=N–C) groups is 1. The number of aromatic nitrogens is 2. The minimum absolute atomic E-state index is 0.0750. The quantitative estimate of drug-likeness (QED) is 0.800. The van der Waals surface area contributed by atoms with Gasteiger partial charge in [0.25, 0.3) is 5.91 Å². The highest BCUT2D eigenvalue weighted by Gasteiger charge is 2.27. The molecule has 26 heavy (non-hydrogen) atoms. The van der Waals surface area contributed by atoms with E-state index >= 15 is 0 Å². The van der Waals surface area contributed by atoms with Crippen molar-refractivity contribution in [2.24, 2.45) is 16.6 Å². The molecule has 1 aromatic carbocycles. The van der Waals surface area contributed by atoms with E-state index in [1.807, 2.05) is 6.21 Å². The van der Waals surface area contributed by atoms with E-state index in [1.165, 1.54) is 6.07 Å². The number of anilines is 2. The Morgan fingerprint density at radius 1 is 1.35 bits per heavy atom. The number of hydrogen-bond donors (Lipinski definition) is 2. The normalized spacial score (nSPS) is 20.4. The lowest BCUT2D eigenvalue weighted by molar-refractivity contribution is 0.100. The van der Waals surface area contributed by atoms with Crippen LogP contribution in [0.5, 0.6) is 0 Å². The van der Waals surface area contributed by atoms with Crippen molar-refractivity contribution in [2.75, 3.05) is 12.4 Å². The number of primary amides is 1. The molecule has 6 nitrogen and oxygen atoms in total. The number of carbonyl (C=O) groups is 1. The third kappa shape index (κ3) is 3.74. The Labute approximate surface area is 150 Å². The minimum atomic E-state index is -0.985. The predicted octanol–water partition coefficient (Wildman–Crippen LogP) is 3.44. The van der Waals surface area contributed by atoms with Crippen molar-refractivity contribution in [1.82, 2.24) is 9.78 Å². The Kier molecular flexibility index (Phi) is 5.29. The van der Waals surface area contributed by atoms with Gasteiger partial charge in [-0.3, -0.25) is 9.48 Å². The van der Waals surface area contributed by atoms with E-state index in [2.05, 4.69) is 15.4 Å². The molecule has 0 bridgehead atoms. The summed E-state index contributed by atoms with van der Waals surface area (Å²) in [7, 11) is 1.74. The van der Waals surface area contributed by atoms with Crippen LogP contribution in [0, 0.1) is 17.6 Å². The monoisotopic (exact) mass is 361 g/mol. The molecule has 0 spiro atoms. The SMILES string of the molecule is CN=C[C@H]1CCCC[C@@H]1n1cc(C(N)=O)c(Nc2ccc(F)c(F)c2)n1. The third-order valence-corrected chi connectivity index (χ3v) is 4.64. The van der Waals surface area contributed by atoms with Crippen molar-refractivity contribution in [3.63, 3.8) is 0 Å². The number of hydrogen-bond acceptors (Lipinski definition) is 4. The molecule has 0 unspecified atom stereocenters. The third-order valence-electron chi connectivity index (χ3n) is 4.64. The smallest absolute Gasteiger partial charge is 0.254 e. The molecule has 0 saturated heterocycles. The first-order valence-corrected chi connectivity index (χ1v) is 8.53. The Morgan fingerprint density at radius 2 is 2.12 bits per heavy atom. The summed E-state index contributed by atoms with van der Waals surface area (Å²) in [6.45, 7) is 0. The van der Waals surface area contributed by atoms with E-state index in [4.69, 9.17) is 5.73 Å². The Bertz CT molecular complexity index is 833. The lowest BCUT2D eigenvalue weighted by atomic mass is 9.85. The van der Waals surface area contributed by atoms with Gasteiger partial charge in [0.2, 0.25) is 0 Å². The summed E-state index contributed by atoms with van der Waals surface area (Å²) in [6.07, 6.45) is 7.63. The highest BCUT2D eigenvalue weighted by molar-refractivity contribution is 5.98. The number of rotatable bonds is 5. The van der Waals surface area contributed by atoms with Gasteiger partial charge >= 0.3 is 0 Å². The number of amides is 1. The van der Waals surface area contributed by atoms with Crippen molar-refractivity contribution in [2.45, 2.75) is 31.7 Å². The maximum atomic E-state index is 13.4. The minimum Gasteiger partial charge on any atom is -0.365 e. The van der Waals surface area contributed by atoms with Crippen LogP contribution < -0.4 is 11.1 Å². The van der Waals surface area contributed by atoms with Crippen molar-refractivity contribution in [1.29, 1.82) is 0 Å². The van der Waals surface area contributed by atoms with Crippen LogP contribution in [0.25, 0.3) is 0 Å². The molecule has 1 fully saturated rings. The van der Waals surface area contributed by atoms with Crippen LogP contribution in [0.15, 0.2) is 29.4 Å². The van der Waals surface area contributed by atoms with Crippen LogP contribution in [0.4, 0.5) is 20.3 Å². The zero-order valence-corrected chi connectivity index (χ0v) is 14.5. The zero-order valence-electron chi connectivity index (χ0n) is 14.5. The van der Waals surface area contributed by atoms with Crippen LogP contribution in [0.2, 0.25) is 0 Å². The molecule has 1 aromatic heterocycles. The molecule has 138 valence electrons. The number of halogens is 2. The second kappa shape index (κ2) is 7.63. The van der Waals surface area contributed by atoms with Crippen molar-refractivity contribution < 1.29 is 13.6 Å². The van der Waals surface area contributed by atoms with E-state index < -0.39 is 17.5 Å². The average molecular weight is 361 g/mol. The molecule has 0 radical (unpaired) electrons. The van der Waals surface area contributed by atoms with Gasteiger partial charge in [0.15, 0.2) is 17.5 Å². The Balaban J connectivity index is 1.92. The summed E-state index contributed by atoms with van der Waals surface area (Å²) in [4.78, 5) is 15.9. The van der Waals surface area contributed by atoms with Crippen LogP contribution in [-0.2, 0) is 0 Å². The Hall–Kier alpha value is -2.77. The first-order valence-electron chi connectivity index (χ1n) is 8.53. The second-order valence-corrected chi connectivity index (χ2v) is 6.41. The first kappa shape index (κ1) is 18.0. The number of nitrogens with two attached hydrogens (primary N) is 1. The van der Waals surface area contributed by atoms with Gasteiger partial charge < -0.3 is 16.0 Å². The second-order valence-electron chi connectivity index (χ2n) is 6.41. The van der Waals surface area contributed by atoms with Gasteiger partial charge in [-0.05, 0) is 25.0 Å². The largest absolute Gasteiger partial charge is 0.365 e. The zero-order chi connectivity index (χ0) is 18.7. The van der Waals surface area contributed by atoms with Gasteiger partial charge in [-0.2, -0.15) is 5.10 Å². The van der Waals surface area contributed by atoms with Gasteiger partial charge in [0, 0.05) is 37.1 Å². The molecule has 1 saturated carbocycles. The molecule has 8 heteroatoms. The molecule has 2 aromatic rings. The highest BCUT2D eigenvalue weighted by atomic mass is 19.2. The van der Waals surface area contributed by atoms with Gasteiger partial charge in [-0.1, -0.05) is 12.8 Å². The number of nitrogens with zero attached hydrogens (tertiary/aromatic N) is 3. The number of benzene rings is 1. The van der Waals surface area contributed by atoms with E-state index in [-0.39, 0.29) is 29.0 Å². The molecule has 3 rings (SSSR count). The molecule has 1 aliphatic carbocycles. The van der Waals surface area contributed by atoms with Gasteiger partial charge in [0.1, 0.15) is 5.56 Å². The summed E-state index contributed by atoms with van der Waals surface area (Å²) in [5.74, 6) is -2.12. The molecule has 1 aliphatic rings. The molecule has 0 aliphatic heterocycles. The summed E-state index contributed by atoms with van der Waals surface area (Å²) < 4.78 is 28.3. The van der Waals surface area contributed by atoms with Crippen LogP contribution in [0.3, 0.4) is 0 Å². The predicted molar refractivity (Wildman–Crippen MR) is 95.8 cm³/mol. The van der Waals surface area contributed by atoms with E-state index in [0.717, 1.165) is 37.8 Å². The average Bonchev–Trinajstić information content (AvgIpc) is 3.03. The summed E-state index contributed by atoms with van der Waals surface area (Å²) >= 11 is 0. The van der Waals surface area contributed by atoms with Crippen LogP contribution in [0.1, 0.15) is 42.1 Å². The topological polar surface area (TPSA) is 85.3 Å². The Morgan fingerprint density at radius 3 is 2.81 bits per heavy atom. The van der Waals surface area contributed by atoms with Gasteiger partial charge in [-0.25, -0.2) is 8.78 Å². The van der Waals surface area contributed by atoms with Gasteiger partial charge in [0.05, 0.1) is 6.04 Å². The van der Waals surface area contributed by atoms with Crippen molar-refractivity contribution >= 4 is 23.6 Å². The number of nitrogens with one attached hydrogen (secondary N) is 1. The first-order chi connectivity index (χ1) is 12.5. The lowest BCUT2D eigenvalue weighted by Crippen LogP contribution is -2.25. The maximum absolute atomic E-state index is 13.4. The van der Waals surface area contributed by atoms with E-state index in [0.29, 0.717) is 0 Å². The number of carbonyl (C=O) groups excluding carboxylic acids is 1. The summed E-state index contributed by atoms with van der Waals surface area (Å²) in [5, 5.41) is 7.32. The molecule has 3 N–H and O–H groups in total. The summed E-state index contributed by atoms with van der Waals surface area (Å²) in [6, 6.07) is 3.46. The molecular weight excluding hydrogens is 340 g/mol. The molecule has 1 amide bonds. The standard InChI is InChI=1S/C18H21F2N5O/c1-22-9-11-4-2-3-5-16(11)25-10-13(17(21)26)18(24-25)23-12-6-7-14(19)15(20)8-12/h6-11,16H,2-5H2,1H3,(H2,21,26)(H,23,24)/t11-,16+/m1/s1. The fraction of sp³-hybridized carbons (Fsp3) is 0.389. The highest BCUT2D eigenvalue weighted by Crippen LogP contribution is 2.34. The lowest BCUT2D eigenvalue weighted by Gasteiger charge is -2.29. The molecular formula is C18H21F2N5O. The van der Waals surface area contributed by atoms with Gasteiger partial charge in [-0.15, -0.1) is 0 Å². The van der Waals surface area contributed by atoms with Crippen LogP contribution in [-0.4, -0.2) is 28.9 Å².